The minimum absolute atomic E-state index is 0.177. The van der Waals surface area contributed by atoms with Crippen LogP contribution in [0.5, 0.6) is 0 Å². The zero-order valence-electron chi connectivity index (χ0n) is 10.4. The number of nitrogens with one attached hydrogen (secondary N) is 1. The van der Waals surface area contributed by atoms with E-state index in [4.69, 9.17) is 4.74 Å². The summed E-state index contributed by atoms with van der Waals surface area (Å²) in [4.78, 5) is 33.6. The molecule has 0 spiro atoms. The van der Waals surface area contributed by atoms with Crippen LogP contribution >= 0.6 is 0 Å². The largest absolute Gasteiger partial charge is 0.462 e. The summed E-state index contributed by atoms with van der Waals surface area (Å²) in [5.41, 5.74) is 0.823. The Bertz CT molecular complexity index is 468. The molecule has 18 heavy (non-hydrogen) atoms. The Morgan fingerprint density at radius 1 is 1.28 bits per heavy atom. The Morgan fingerprint density at radius 2 is 2.00 bits per heavy atom. The van der Waals surface area contributed by atoms with Gasteiger partial charge in [0, 0.05) is 5.69 Å². The number of carbonyl (C=O) groups is 3. The first-order valence-corrected chi connectivity index (χ1v) is 5.59. The second kappa shape index (κ2) is 6.54. The highest BCUT2D eigenvalue weighted by molar-refractivity contribution is 6.04. The highest BCUT2D eigenvalue weighted by atomic mass is 16.5. The van der Waals surface area contributed by atoms with Crippen molar-refractivity contribution in [2.45, 2.75) is 20.3 Å². The molecule has 0 fully saturated rings. The number of anilines is 1. The van der Waals surface area contributed by atoms with Gasteiger partial charge in [0.15, 0.2) is 0 Å². The van der Waals surface area contributed by atoms with Gasteiger partial charge in [-0.3, -0.25) is 9.59 Å². The molecule has 1 N–H and O–H groups in total. The van der Waals surface area contributed by atoms with Gasteiger partial charge in [-0.15, -0.1) is 0 Å². The van der Waals surface area contributed by atoms with E-state index in [0.717, 1.165) is 0 Å². The summed E-state index contributed by atoms with van der Waals surface area (Å²) in [5, 5.41) is 2.54. The van der Waals surface area contributed by atoms with Gasteiger partial charge in [0.2, 0.25) is 5.91 Å². The molecule has 0 atom stereocenters. The standard InChI is InChI=1S/C13H15NO4/c1-3-18-13(17)10-5-4-6-11(8-10)14-12(16)7-9(2)15/h4-6,8H,3,7H2,1-2H3,(H,14,16). The average Bonchev–Trinajstić information content (AvgIpc) is 2.28. The highest BCUT2D eigenvalue weighted by Crippen LogP contribution is 2.12. The number of hydrogen-bond acceptors (Lipinski definition) is 4. The van der Waals surface area contributed by atoms with Gasteiger partial charge in [0.05, 0.1) is 18.6 Å². The molecule has 0 saturated carbocycles. The van der Waals surface area contributed by atoms with E-state index in [1.54, 1.807) is 25.1 Å². The quantitative estimate of drug-likeness (QED) is 0.637. The number of carbonyl (C=O) groups excluding carboxylic acids is 3. The lowest BCUT2D eigenvalue weighted by Crippen LogP contribution is -2.15. The van der Waals surface area contributed by atoms with Gasteiger partial charge in [-0.05, 0) is 32.0 Å². The molecule has 0 aliphatic rings. The van der Waals surface area contributed by atoms with Crippen LogP contribution in [-0.2, 0) is 14.3 Å². The van der Waals surface area contributed by atoms with E-state index in [9.17, 15) is 14.4 Å². The number of ketones is 1. The van der Waals surface area contributed by atoms with Crippen molar-refractivity contribution >= 4 is 23.3 Å². The normalized spacial score (nSPS) is 9.67. The number of amides is 1. The van der Waals surface area contributed by atoms with Crippen molar-refractivity contribution in [1.82, 2.24) is 0 Å². The molecule has 1 amide bonds. The van der Waals surface area contributed by atoms with E-state index < -0.39 is 11.9 Å². The second-order valence-electron chi connectivity index (χ2n) is 3.73. The van der Waals surface area contributed by atoms with Gasteiger partial charge in [-0.1, -0.05) is 6.07 Å². The predicted molar refractivity (Wildman–Crippen MR) is 66.3 cm³/mol. The van der Waals surface area contributed by atoms with Crippen molar-refractivity contribution in [2.24, 2.45) is 0 Å². The average molecular weight is 249 g/mol. The summed E-state index contributed by atoms with van der Waals surface area (Å²) in [7, 11) is 0. The van der Waals surface area contributed by atoms with Crippen molar-refractivity contribution in [3.05, 3.63) is 29.8 Å². The third kappa shape index (κ3) is 4.37. The Hall–Kier alpha value is -2.17. The SMILES string of the molecule is CCOC(=O)c1cccc(NC(=O)CC(C)=O)c1. The van der Waals surface area contributed by atoms with E-state index in [1.807, 2.05) is 0 Å². The third-order valence-electron chi connectivity index (χ3n) is 2.07. The fourth-order valence-corrected chi connectivity index (χ4v) is 1.37. The molecule has 96 valence electrons. The van der Waals surface area contributed by atoms with Crippen molar-refractivity contribution < 1.29 is 19.1 Å². The van der Waals surface area contributed by atoms with Crippen LogP contribution in [0.2, 0.25) is 0 Å². The molecule has 0 unspecified atom stereocenters. The number of hydrogen-bond donors (Lipinski definition) is 1. The molecule has 0 saturated heterocycles. The first-order valence-electron chi connectivity index (χ1n) is 5.59. The lowest BCUT2D eigenvalue weighted by molar-refractivity contribution is -0.124. The maximum atomic E-state index is 11.5. The predicted octanol–water partition coefficient (Wildman–Crippen LogP) is 1.78. The fourth-order valence-electron chi connectivity index (χ4n) is 1.37. The molecule has 1 aromatic carbocycles. The topological polar surface area (TPSA) is 72.5 Å². The highest BCUT2D eigenvalue weighted by Gasteiger charge is 2.09. The van der Waals surface area contributed by atoms with Gasteiger partial charge in [-0.2, -0.15) is 0 Å². The molecule has 5 heteroatoms. The van der Waals surface area contributed by atoms with Crippen LogP contribution in [-0.4, -0.2) is 24.3 Å². The van der Waals surface area contributed by atoms with Gasteiger partial charge >= 0.3 is 5.97 Å². The van der Waals surface area contributed by atoms with Crippen molar-refractivity contribution in [1.29, 1.82) is 0 Å². The Labute approximate surface area is 105 Å². The molecule has 0 radical (unpaired) electrons. The number of benzene rings is 1. The fraction of sp³-hybridized carbons (Fsp3) is 0.308. The third-order valence-corrected chi connectivity index (χ3v) is 2.07. The maximum absolute atomic E-state index is 11.5. The van der Waals surface area contributed by atoms with Gasteiger partial charge in [0.1, 0.15) is 5.78 Å². The Morgan fingerprint density at radius 3 is 2.61 bits per heavy atom. The van der Waals surface area contributed by atoms with E-state index in [1.165, 1.54) is 13.0 Å². The molecule has 0 aliphatic heterocycles. The Balaban J connectivity index is 2.73. The number of rotatable bonds is 5. The molecule has 0 bridgehead atoms. The first kappa shape index (κ1) is 13.9. The molecular formula is C13H15NO4. The number of ether oxygens (including phenoxy) is 1. The summed E-state index contributed by atoms with van der Waals surface area (Å²) in [6.07, 6.45) is -0.177. The zero-order chi connectivity index (χ0) is 13.5. The van der Waals surface area contributed by atoms with E-state index in [2.05, 4.69) is 5.32 Å². The van der Waals surface area contributed by atoms with Crippen LogP contribution in [0.25, 0.3) is 0 Å². The summed E-state index contributed by atoms with van der Waals surface area (Å²) in [6.45, 7) is 3.35. The summed E-state index contributed by atoms with van der Waals surface area (Å²) < 4.78 is 4.85. The lowest BCUT2D eigenvalue weighted by atomic mass is 10.2. The van der Waals surface area contributed by atoms with Crippen molar-refractivity contribution in [3.8, 4) is 0 Å². The first-order chi connectivity index (χ1) is 8.52. The van der Waals surface area contributed by atoms with Crippen LogP contribution in [0, 0.1) is 0 Å². The smallest absolute Gasteiger partial charge is 0.338 e. The zero-order valence-corrected chi connectivity index (χ0v) is 10.4. The molecular weight excluding hydrogens is 234 g/mol. The van der Waals surface area contributed by atoms with Crippen LogP contribution < -0.4 is 5.32 Å². The Kier molecular flexibility index (Phi) is 5.05. The maximum Gasteiger partial charge on any atom is 0.338 e. The van der Waals surface area contributed by atoms with Crippen LogP contribution in [0.15, 0.2) is 24.3 Å². The molecule has 0 aliphatic carbocycles. The van der Waals surface area contributed by atoms with Crippen molar-refractivity contribution in [3.63, 3.8) is 0 Å². The van der Waals surface area contributed by atoms with Crippen LogP contribution in [0.4, 0.5) is 5.69 Å². The van der Waals surface area contributed by atoms with E-state index in [-0.39, 0.29) is 12.2 Å². The summed E-state index contributed by atoms with van der Waals surface area (Å²) in [6, 6.07) is 6.38. The molecule has 0 aromatic heterocycles. The number of esters is 1. The summed E-state index contributed by atoms with van der Waals surface area (Å²) >= 11 is 0. The van der Waals surface area contributed by atoms with Gasteiger partial charge < -0.3 is 10.1 Å². The monoisotopic (exact) mass is 249 g/mol. The molecule has 1 aromatic rings. The second-order valence-corrected chi connectivity index (χ2v) is 3.73. The van der Waals surface area contributed by atoms with E-state index >= 15 is 0 Å². The van der Waals surface area contributed by atoms with Crippen LogP contribution in [0.1, 0.15) is 30.6 Å². The lowest BCUT2D eigenvalue weighted by Gasteiger charge is -2.06. The molecule has 1 rings (SSSR count). The van der Waals surface area contributed by atoms with Gasteiger partial charge in [0.25, 0.3) is 0 Å². The number of Topliss-reactive ketones (excluding diaryl/α,β-unsaturated/α-hetero) is 1. The minimum atomic E-state index is -0.444. The van der Waals surface area contributed by atoms with Gasteiger partial charge in [-0.25, -0.2) is 4.79 Å². The van der Waals surface area contributed by atoms with Crippen molar-refractivity contribution in [2.75, 3.05) is 11.9 Å². The van der Waals surface area contributed by atoms with Crippen LogP contribution in [0.3, 0.4) is 0 Å². The molecule has 5 nitrogen and oxygen atoms in total. The molecule has 0 heterocycles. The minimum Gasteiger partial charge on any atom is -0.462 e. The van der Waals surface area contributed by atoms with E-state index in [0.29, 0.717) is 17.9 Å². The summed E-state index contributed by atoms with van der Waals surface area (Å²) in [5.74, 6) is -1.06.